The van der Waals surface area contributed by atoms with Crippen LogP contribution in [0.2, 0.25) is 0 Å². The third kappa shape index (κ3) is 4.28. The van der Waals surface area contributed by atoms with Crippen molar-refractivity contribution in [3.8, 4) is 0 Å². The van der Waals surface area contributed by atoms with Gasteiger partial charge in [0.15, 0.2) is 5.82 Å². The smallest absolute Gasteiger partial charge is 0.233 e. The first-order valence-corrected chi connectivity index (χ1v) is 8.04. The molecule has 2 aromatic heterocycles. The fourth-order valence-electron chi connectivity index (χ4n) is 2.27. The van der Waals surface area contributed by atoms with Crippen LogP contribution in [-0.4, -0.2) is 25.1 Å². The van der Waals surface area contributed by atoms with Crippen molar-refractivity contribution in [1.29, 1.82) is 0 Å². The molecule has 1 aromatic carbocycles. The highest BCUT2D eigenvalue weighted by Crippen LogP contribution is 2.19. The Morgan fingerprint density at radius 3 is 2.44 bits per heavy atom. The standard InChI is InChI=1S/C17H20FN7/c1-10(2)14-8-15(25-24-14)22-17-20-9-19-16(23-17)21-11(3)12-4-6-13(18)7-5-12/h4-11H,1-3H3,(H3,19,20,21,22,23,24,25). The van der Waals surface area contributed by atoms with Crippen molar-refractivity contribution >= 4 is 17.7 Å². The molecule has 0 aliphatic rings. The number of nitrogens with one attached hydrogen (secondary N) is 3. The van der Waals surface area contributed by atoms with E-state index in [1.165, 1.54) is 18.5 Å². The molecule has 8 heteroatoms. The normalized spacial score (nSPS) is 12.2. The minimum absolute atomic E-state index is 0.0752. The van der Waals surface area contributed by atoms with Gasteiger partial charge in [-0.15, -0.1) is 0 Å². The molecule has 7 nitrogen and oxygen atoms in total. The maximum atomic E-state index is 13.0. The Labute approximate surface area is 145 Å². The van der Waals surface area contributed by atoms with E-state index in [9.17, 15) is 4.39 Å². The van der Waals surface area contributed by atoms with Crippen LogP contribution in [0.4, 0.5) is 22.1 Å². The molecular formula is C17H20FN7. The van der Waals surface area contributed by atoms with E-state index in [1.807, 2.05) is 13.0 Å². The van der Waals surface area contributed by atoms with Gasteiger partial charge in [0, 0.05) is 11.8 Å². The quantitative estimate of drug-likeness (QED) is 0.632. The number of halogens is 1. The Kier molecular flexibility index (Phi) is 4.87. The van der Waals surface area contributed by atoms with E-state index in [0.29, 0.717) is 23.6 Å². The van der Waals surface area contributed by atoms with Crippen LogP contribution in [0.1, 0.15) is 44.0 Å². The highest BCUT2D eigenvalue weighted by Gasteiger charge is 2.10. The second-order valence-electron chi connectivity index (χ2n) is 6.04. The first kappa shape index (κ1) is 16.8. The Balaban J connectivity index is 1.69. The third-order valence-electron chi connectivity index (χ3n) is 3.75. The number of anilines is 3. The Hall–Kier alpha value is -3.03. The highest BCUT2D eigenvalue weighted by atomic mass is 19.1. The summed E-state index contributed by atoms with van der Waals surface area (Å²) in [6, 6.07) is 8.15. The maximum Gasteiger partial charge on any atom is 0.233 e. The van der Waals surface area contributed by atoms with Gasteiger partial charge < -0.3 is 10.6 Å². The molecule has 0 fully saturated rings. The van der Waals surface area contributed by atoms with Gasteiger partial charge in [-0.1, -0.05) is 26.0 Å². The number of hydrogen-bond acceptors (Lipinski definition) is 6. The lowest BCUT2D eigenvalue weighted by Gasteiger charge is -2.14. The van der Waals surface area contributed by atoms with Crippen molar-refractivity contribution in [2.24, 2.45) is 0 Å². The number of rotatable bonds is 6. The number of aromatic amines is 1. The van der Waals surface area contributed by atoms with E-state index in [-0.39, 0.29) is 11.9 Å². The summed E-state index contributed by atoms with van der Waals surface area (Å²) in [7, 11) is 0. The molecule has 25 heavy (non-hydrogen) atoms. The zero-order chi connectivity index (χ0) is 17.8. The molecule has 1 unspecified atom stereocenters. The van der Waals surface area contributed by atoms with Crippen molar-refractivity contribution in [2.75, 3.05) is 10.6 Å². The van der Waals surface area contributed by atoms with Crippen LogP contribution in [0.15, 0.2) is 36.7 Å². The van der Waals surface area contributed by atoms with E-state index in [0.717, 1.165) is 11.3 Å². The molecule has 2 heterocycles. The second-order valence-corrected chi connectivity index (χ2v) is 6.04. The van der Waals surface area contributed by atoms with Crippen molar-refractivity contribution in [1.82, 2.24) is 25.1 Å². The fraction of sp³-hybridized carbons (Fsp3) is 0.294. The van der Waals surface area contributed by atoms with Crippen LogP contribution >= 0.6 is 0 Å². The largest absolute Gasteiger partial charge is 0.348 e. The number of H-pyrrole nitrogens is 1. The second kappa shape index (κ2) is 7.25. The molecule has 0 amide bonds. The molecule has 0 saturated carbocycles. The number of nitrogens with zero attached hydrogens (tertiary/aromatic N) is 4. The van der Waals surface area contributed by atoms with Gasteiger partial charge in [0.2, 0.25) is 11.9 Å². The average Bonchev–Trinajstić information content (AvgIpc) is 3.04. The van der Waals surface area contributed by atoms with Crippen molar-refractivity contribution in [3.05, 3.63) is 53.7 Å². The molecule has 3 rings (SSSR count). The lowest BCUT2D eigenvalue weighted by molar-refractivity contribution is 0.626. The van der Waals surface area contributed by atoms with Gasteiger partial charge in [-0.3, -0.25) is 5.10 Å². The van der Waals surface area contributed by atoms with Gasteiger partial charge in [-0.25, -0.2) is 14.4 Å². The van der Waals surface area contributed by atoms with Crippen LogP contribution in [0.5, 0.6) is 0 Å². The summed E-state index contributed by atoms with van der Waals surface area (Å²) < 4.78 is 13.0. The van der Waals surface area contributed by atoms with Gasteiger partial charge in [-0.05, 0) is 30.5 Å². The lowest BCUT2D eigenvalue weighted by atomic mass is 10.1. The number of benzene rings is 1. The predicted molar refractivity (Wildman–Crippen MR) is 94.2 cm³/mol. The van der Waals surface area contributed by atoms with Gasteiger partial charge in [0.1, 0.15) is 12.1 Å². The van der Waals surface area contributed by atoms with Crippen molar-refractivity contribution < 1.29 is 4.39 Å². The molecule has 3 aromatic rings. The molecule has 0 aliphatic carbocycles. The molecule has 0 spiro atoms. The van der Waals surface area contributed by atoms with E-state index in [4.69, 9.17) is 0 Å². The highest BCUT2D eigenvalue weighted by molar-refractivity contribution is 5.49. The van der Waals surface area contributed by atoms with Gasteiger partial charge in [-0.2, -0.15) is 10.1 Å². The lowest BCUT2D eigenvalue weighted by Crippen LogP contribution is -2.11. The summed E-state index contributed by atoms with van der Waals surface area (Å²) in [6.45, 7) is 6.12. The topological polar surface area (TPSA) is 91.4 Å². The molecular weight excluding hydrogens is 321 g/mol. The van der Waals surface area contributed by atoms with Crippen LogP contribution in [0.3, 0.4) is 0 Å². The fourth-order valence-corrected chi connectivity index (χ4v) is 2.27. The van der Waals surface area contributed by atoms with Gasteiger partial charge in [0.05, 0.1) is 6.04 Å². The third-order valence-corrected chi connectivity index (χ3v) is 3.75. The zero-order valence-corrected chi connectivity index (χ0v) is 14.3. The Morgan fingerprint density at radius 1 is 1.04 bits per heavy atom. The summed E-state index contributed by atoms with van der Waals surface area (Å²) in [5, 5.41) is 13.4. The van der Waals surface area contributed by atoms with E-state index in [2.05, 4.69) is 49.6 Å². The van der Waals surface area contributed by atoms with Crippen molar-refractivity contribution in [2.45, 2.75) is 32.7 Å². The predicted octanol–water partition coefficient (Wildman–Crippen LogP) is 3.77. The summed E-state index contributed by atoms with van der Waals surface area (Å²) in [5.41, 5.74) is 1.96. The number of aromatic nitrogens is 5. The minimum atomic E-state index is -0.262. The number of hydrogen-bond donors (Lipinski definition) is 3. The van der Waals surface area contributed by atoms with Crippen LogP contribution in [0.25, 0.3) is 0 Å². The van der Waals surface area contributed by atoms with E-state index < -0.39 is 0 Å². The van der Waals surface area contributed by atoms with Gasteiger partial charge in [0.25, 0.3) is 0 Å². The molecule has 0 aliphatic heterocycles. The van der Waals surface area contributed by atoms with Crippen LogP contribution in [0, 0.1) is 5.82 Å². The van der Waals surface area contributed by atoms with E-state index >= 15 is 0 Å². The molecule has 0 radical (unpaired) electrons. The first-order chi connectivity index (χ1) is 12.0. The molecule has 1 atom stereocenters. The molecule has 0 saturated heterocycles. The summed E-state index contributed by atoms with van der Waals surface area (Å²) in [4.78, 5) is 12.6. The van der Waals surface area contributed by atoms with Crippen LogP contribution in [-0.2, 0) is 0 Å². The molecule has 3 N–H and O–H groups in total. The molecule has 0 bridgehead atoms. The Bertz CT molecular complexity index is 829. The summed E-state index contributed by atoms with van der Waals surface area (Å²) in [5.74, 6) is 1.56. The Morgan fingerprint density at radius 2 is 1.76 bits per heavy atom. The minimum Gasteiger partial charge on any atom is -0.348 e. The van der Waals surface area contributed by atoms with Gasteiger partial charge >= 0.3 is 0 Å². The maximum absolute atomic E-state index is 13.0. The summed E-state index contributed by atoms with van der Waals surface area (Å²) in [6.07, 6.45) is 1.42. The first-order valence-electron chi connectivity index (χ1n) is 8.04. The van der Waals surface area contributed by atoms with Crippen molar-refractivity contribution in [3.63, 3.8) is 0 Å². The zero-order valence-electron chi connectivity index (χ0n) is 14.3. The SMILES string of the molecule is CC(C)c1cc(Nc2ncnc(NC(C)c3ccc(F)cc3)n2)n[nH]1. The summed E-state index contributed by atoms with van der Waals surface area (Å²) >= 11 is 0. The van der Waals surface area contributed by atoms with Crippen LogP contribution < -0.4 is 10.6 Å². The van der Waals surface area contributed by atoms with E-state index in [1.54, 1.807) is 12.1 Å². The monoisotopic (exact) mass is 341 g/mol. The average molecular weight is 341 g/mol. The molecule has 130 valence electrons.